The Labute approximate surface area is 91.3 Å². The third-order valence-electron chi connectivity index (χ3n) is 2.03. The highest BCUT2D eigenvalue weighted by molar-refractivity contribution is 6.03. The van der Waals surface area contributed by atoms with Gasteiger partial charge in [-0.2, -0.15) is 0 Å². The molecule has 0 spiro atoms. The van der Waals surface area contributed by atoms with Gasteiger partial charge in [0.05, 0.1) is 11.1 Å². The van der Waals surface area contributed by atoms with Gasteiger partial charge in [-0.3, -0.25) is 4.79 Å². The van der Waals surface area contributed by atoms with Gasteiger partial charge in [-0.1, -0.05) is 12.1 Å². The summed E-state index contributed by atoms with van der Waals surface area (Å²) in [5, 5.41) is 17.8. The number of carboxylic acid groups (broad SMARTS) is 2. The number of carbonyl (C=O) groups is 3. The van der Waals surface area contributed by atoms with Gasteiger partial charge in [0.1, 0.15) is 5.78 Å². The molecule has 84 valence electrons. The molecule has 0 saturated carbocycles. The molecule has 16 heavy (non-hydrogen) atoms. The molecule has 1 aromatic rings. The van der Waals surface area contributed by atoms with Crippen molar-refractivity contribution in [3.63, 3.8) is 0 Å². The van der Waals surface area contributed by atoms with Crippen LogP contribution in [0.1, 0.15) is 33.2 Å². The Balaban J connectivity index is 3.38. The topological polar surface area (TPSA) is 91.7 Å². The van der Waals surface area contributed by atoms with Crippen LogP contribution in [0.25, 0.3) is 0 Å². The van der Waals surface area contributed by atoms with E-state index < -0.39 is 11.9 Å². The van der Waals surface area contributed by atoms with Crippen LogP contribution in [-0.4, -0.2) is 27.9 Å². The fourth-order valence-electron chi connectivity index (χ4n) is 1.45. The number of hydrogen-bond donors (Lipinski definition) is 2. The summed E-state index contributed by atoms with van der Waals surface area (Å²) in [7, 11) is 0. The minimum absolute atomic E-state index is 0.0806. The van der Waals surface area contributed by atoms with Gasteiger partial charge in [0, 0.05) is 6.42 Å². The molecule has 1 aromatic carbocycles. The summed E-state index contributed by atoms with van der Waals surface area (Å²) in [6.45, 7) is 1.32. The smallest absolute Gasteiger partial charge is 0.336 e. The summed E-state index contributed by atoms with van der Waals surface area (Å²) >= 11 is 0. The lowest BCUT2D eigenvalue weighted by Gasteiger charge is -2.07. The Bertz CT molecular complexity index is 461. The second-order valence-electron chi connectivity index (χ2n) is 3.33. The van der Waals surface area contributed by atoms with E-state index in [0.29, 0.717) is 0 Å². The zero-order chi connectivity index (χ0) is 12.3. The van der Waals surface area contributed by atoms with Gasteiger partial charge in [0.25, 0.3) is 0 Å². The number of rotatable bonds is 4. The first-order valence-corrected chi connectivity index (χ1v) is 4.51. The van der Waals surface area contributed by atoms with Crippen LogP contribution in [0.3, 0.4) is 0 Å². The average Bonchev–Trinajstić information content (AvgIpc) is 2.15. The van der Waals surface area contributed by atoms with E-state index in [1.165, 1.54) is 25.1 Å². The predicted molar refractivity (Wildman–Crippen MR) is 54.7 cm³/mol. The van der Waals surface area contributed by atoms with Crippen LogP contribution in [-0.2, 0) is 11.2 Å². The van der Waals surface area contributed by atoms with Crippen molar-refractivity contribution in [3.05, 3.63) is 34.9 Å². The summed E-state index contributed by atoms with van der Waals surface area (Å²) in [4.78, 5) is 32.7. The molecule has 0 aliphatic heterocycles. The van der Waals surface area contributed by atoms with Crippen LogP contribution in [0.2, 0.25) is 0 Å². The van der Waals surface area contributed by atoms with Gasteiger partial charge in [-0.25, -0.2) is 9.59 Å². The normalized spacial score (nSPS) is 9.81. The molecular formula is C11H10O5. The predicted octanol–water partition coefficient (Wildman–Crippen LogP) is 1.21. The van der Waals surface area contributed by atoms with Gasteiger partial charge in [0.2, 0.25) is 0 Å². The van der Waals surface area contributed by atoms with Crippen molar-refractivity contribution in [2.45, 2.75) is 13.3 Å². The van der Waals surface area contributed by atoms with E-state index in [-0.39, 0.29) is 28.9 Å². The van der Waals surface area contributed by atoms with E-state index in [1.807, 2.05) is 0 Å². The van der Waals surface area contributed by atoms with Crippen LogP contribution in [0.4, 0.5) is 0 Å². The van der Waals surface area contributed by atoms with Gasteiger partial charge in [-0.05, 0) is 18.6 Å². The molecule has 0 saturated heterocycles. The van der Waals surface area contributed by atoms with Crippen LogP contribution < -0.4 is 0 Å². The van der Waals surface area contributed by atoms with E-state index >= 15 is 0 Å². The summed E-state index contributed by atoms with van der Waals surface area (Å²) in [5.41, 5.74) is -0.392. The van der Waals surface area contributed by atoms with Gasteiger partial charge in [-0.15, -0.1) is 0 Å². The van der Waals surface area contributed by atoms with Crippen LogP contribution in [0, 0.1) is 0 Å². The van der Waals surface area contributed by atoms with Crippen molar-refractivity contribution in [1.82, 2.24) is 0 Å². The molecule has 0 radical (unpaired) electrons. The number of carboxylic acids is 2. The lowest BCUT2D eigenvalue weighted by molar-refractivity contribution is -0.116. The van der Waals surface area contributed by atoms with Crippen molar-refractivity contribution in [3.8, 4) is 0 Å². The quantitative estimate of drug-likeness (QED) is 0.798. The lowest BCUT2D eigenvalue weighted by atomic mass is 9.97. The van der Waals surface area contributed by atoms with Crippen molar-refractivity contribution >= 4 is 17.7 Å². The molecule has 0 atom stereocenters. The van der Waals surface area contributed by atoms with E-state index in [1.54, 1.807) is 0 Å². The third-order valence-corrected chi connectivity index (χ3v) is 2.03. The molecule has 0 aliphatic rings. The number of benzene rings is 1. The van der Waals surface area contributed by atoms with Gasteiger partial charge < -0.3 is 10.2 Å². The minimum Gasteiger partial charge on any atom is -0.478 e. The molecule has 2 N–H and O–H groups in total. The number of carbonyl (C=O) groups excluding carboxylic acids is 1. The maximum atomic E-state index is 11.0. The molecule has 0 heterocycles. The maximum absolute atomic E-state index is 11.0. The van der Waals surface area contributed by atoms with Crippen molar-refractivity contribution in [1.29, 1.82) is 0 Å². The minimum atomic E-state index is -1.34. The summed E-state index contributed by atoms with van der Waals surface area (Å²) in [6, 6.07) is 4.07. The highest BCUT2D eigenvalue weighted by Crippen LogP contribution is 2.16. The monoisotopic (exact) mass is 222 g/mol. The molecule has 5 nitrogen and oxygen atoms in total. The van der Waals surface area contributed by atoms with Gasteiger partial charge >= 0.3 is 11.9 Å². The molecule has 0 aliphatic carbocycles. The van der Waals surface area contributed by atoms with Gasteiger partial charge in [0.15, 0.2) is 0 Å². The van der Waals surface area contributed by atoms with E-state index in [2.05, 4.69) is 0 Å². The first-order valence-electron chi connectivity index (χ1n) is 4.51. The molecule has 5 heteroatoms. The SMILES string of the molecule is CC(=O)Cc1cccc(C(=O)O)c1C(=O)O. The number of aromatic carboxylic acids is 2. The summed E-state index contributed by atoms with van der Waals surface area (Å²) in [5.74, 6) is -2.87. The molecule has 1 rings (SSSR count). The summed E-state index contributed by atoms with van der Waals surface area (Å²) < 4.78 is 0. The Hall–Kier alpha value is -2.17. The Morgan fingerprint density at radius 3 is 2.19 bits per heavy atom. The molecular weight excluding hydrogens is 212 g/mol. The van der Waals surface area contributed by atoms with Crippen LogP contribution >= 0.6 is 0 Å². The zero-order valence-corrected chi connectivity index (χ0v) is 8.56. The van der Waals surface area contributed by atoms with Crippen molar-refractivity contribution < 1.29 is 24.6 Å². The van der Waals surface area contributed by atoms with Crippen LogP contribution in [0.15, 0.2) is 18.2 Å². The van der Waals surface area contributed by atoms with Crippen molar-refractivity contribution in [2.75, 3.05) is 0 Å². The third kappa shape index (κ3) is 2.44. The van der Waals surface area contributed by atoms with E-state index in [0.717, 1.165) is 0 Å². The lowest BCUT2D eigenvalue weighted by Crippen LogP contribution is -2.13. The zero-order valence-electron chi connectivity index (χ0n) is 8.56. The maximum Gasteiger partial charge on any atom is 0.336 e. The fraction of sp³-hybridized carbons (Fsp3) is 0.182. The second kappa shape index (κ2) is 4.57. The van der Waals surface area contributed by atoms with Crippen LogP contribution in [0.5, 0.6) is 0 Å². The highest BCUT2D eigenvalue weighted by atomic mass is 16.4. The first-order chi connectivity index (χ1) is 7.43. The van der Waals surface area contributed by atoms with E-state index in [9.17, 15) is 14.4 Å². The second-order valence-corrected chi connectivity index (χ2v) is 3.33. The first kappa shape index (κ1) is 11.9. The summed E-state index contributed by atoms with van der Waals surface area (Å²) in [6.07, 6.45) is -0.0806. The number of hydrogen-bond acceptors (Lipinski definition) is 3. The largest absolute Gasteiger partial charge is 0.478 e. The average molecular weight is 222 g/mol. The van der Waals surface area contributed by atoms with E-state index in [4.69, 9.17) is 10.2 Å². The molecule has 0 bridgehead atoms. The highest BCUT2D eigenvalue weighted by Gasteiger charge is 2.20. The Kier molecular flexibility index (Phi) is 3.40. The molecule has 0 amide bonds. The number of Topliss-reactive ketones (excluding diaryl/α,β-unsaturated/α-hetero) is 1. The Morgan fingerprint density at radius 1 is 1.12 bits per heavy atom. The molecule has 0 aromatic heterocycles. The Morgan fingerprint density at radius 2 is 1.75 bits per heavy atom. The molecule has 0 fully saturated rings. The fourth-order valence-corrected chi connectivity index (χ4v) is 1.45. The van der Waals surface area contributed by atoms with Crippen molar-refractivity contribution in [2.24, 2.45) is 0 Å². The molecule has 0 unspecified atom stereocenters. The number of ketones is 1. The standard InChI is InChI=1S/C11H10O5/c1-6(12)5-7-3-2-4-8(10(13)14)9(7)11(15)16/h2-4H,5H2,1H3,(H,13,14)(H,15,16).